The van der Waals surface area contributed by atoms with Crippen LogP contribution in [0.25, 0.3) is 10.2 Å². The molecule has 1 N–H and O–H groups in total. The molecule has 4 rings (SSSR count). The van der Waals surface area contributed by atoms with Gasteiger partial charge in [0.1, 0.15) is 5.39 Å². The predicted octanol–water partition coefficient (Wildman–Crippen LogP) is -0.439. The molecule has 0 aromatic carbocycles. The molecule has 0 unspecified atom stereocenters. The lowest BCUT2D eigenvalue weighted by atomic mass is 10.2. The largest absolute Gasteiger partial charge is 0.618 e. The Kier molecular flexibility index (Phi) is 4.37. The first-order chi connectivity index (χ1) is 12.6. The molecule has 10 heteroatoms. The summed E-state index contributed by atoms with van der Waals surface area (Å²) in [6.45, 7) is 2.50. The molecule has 2 saturated heterocycles. The van der Waals surface area contributed by atoms with Crippen molar-refractivity contribution in [3.8, 4) is 0 Å². The van der Waals surface area contributed by atoms with E-state index in [1.54, 1.807) is 9.80 Å². The molecule has 2 aliphatic heterocycles. The molecular formula is C16H19N5O4S. The summed E-state index contributed by atoms with van der Waals surface area (Å²) in [5.41, 5.74) is -0.478. The monoisotopic (exact) mass is 377 g/mol. The van der Waals surface area contributed by atoms with E-state index in [2.05, 4.69) is 5.32 Å². The van der Waals surface area contributed by atoms with Crippen molar-refractivity contribution in [1.29, 1.82) is 0 Å². The average Bonchev–Trinajstić information content (AvgIpc) is 3.30. The van der Waals surface area contributed by atoms with Gasteiger partial charge in [0.25, 0.3) is 5.56 Å². The maximum absolute atomic E-state index is 12.7. The summed E-state index contributed by atoms with van der Waals surface area (Å²) in [6.07, 6.45) is 3.16. The summed E-state index contributed by atoms with van der Waals surface area (Å²) < 4.78 is 1.62. The number of nitrogens with one attached hydrogen (secondary N) is 1. The van der Waals surface area contributed by atoms with E-state index >= 15 is 0 Å². The van der Waals surface area contributed by atoms with Crippen molar-refractivity contribution >= 4 is 33.7 Å². The molecule has 0 radical (unpaired) electrons. The van der Waals surface area contributed by atoms with Crippen molar-refractivity contribution in [1.82, 2.24) is 19.1 Å². The summed E-state index contributed by atoms with van der Waals surface area (Å²) in [5.74, 6) is 0.0843. The lowest BCUT2D eigenvalue weighted by Gasteiger charge is -2.35. The number of piperazine rings is 1. The highest BCUT2D eigenvalue weighted by molar-refractivity contribution is 7.13. The van der Waals surface area contributed by atoms with Gasteiger partial charge in [-0.25, -0.2) is 4.79 Å². The van der Waals surface area contributed by atoms with E-state index in [9.17, 15) is 19.6 Å². The van der Waals surface area contributed by atoms with E-state index in [0.29, 0.717) is 30.9 Å². The second kappa shape index (κ2) is 6.69. The Morgan fingerprint density at radius 2 is 1.96 bits per heavy atom. The Balaban J connectivity index is 1.47. The van der Waals surface area contributed by atoms with Crippen LogP contribution < -0.4 is 15.6 Å². The van der Waals surface area contributed by atoms with E-state index in [1.165, 1.54) is 18.3 Å². The molecule has 26 heavy (non-hydrogen) atoms. The zero-order valence-electron chi connectivity index (χ0n) is 14.1. The van der Waals surface area contributed by atoms with E-state index in [0.717, 1.165) is 34.9 Å². The quantitative estimate of drug-likeness (QED) is 0.536. The van der Waals surface area contributed by atoms with Crippen molar-refractivity contribution < 1.29 is 14.3 Å². The summed E-state index contributed by atoms with van der Waals surface area (Å²) in [5, 5.41) is 15.2. The molecule has 2 aromatic heterocycles. The Hall–Kier alpha value is -2.46. The van der Waals surface area contributed by atoms with Gasteiger partial charge >= 0.3 is 10.9 Å². The Labute approximate surface area is 153 Å². The van der Waals surface area contributed by atoms with Gasteiger partial charge in [-0.2, -0.15) is 8.69 Å². The normalized spacial score (nSPS) is 20.7. The van der Waals surface area contributed by atoms with Crippen LogP contribution >= 0.6 is 11.5 Å². The third-order valence-electron chi connectivity index (χ3n) is 4.90. The van der Waals surface area contributed by atoms with Crippen molar-refractivity contribution in [2.45, 2.75) is 18.9 Å². The number of carbonyl (C=O) groups excluding carboxylic acids is 2. The third kappa shape index (κ3) is 2.84. The minimum absolute atomic E-state index is 0.0843. The Morgan fingerprint density at radius 1 is 1.23 bits per heavy atom. The van der Waals surface area contributed by atoms with Gasteiger partial charge in [0.2, 0.25) is 5.91 Å². The van der Waals surface area contributed by atoms with Crippen molar-refractivity contribution in [2.24, 2.45) is 0 Å². The van der Waals surface area contributed by atoms with Crippen molar-refractivity contribution in [3.05, 3.63) is 33.9 Å². The Morgan fingerprint density at radius 3 is 2.62 bits per heavy atom. The van der Waals surface area contributed by atoms with E-state index in [4.69, 9.17) is 0 Å². The number of aromatic nitrogens is 2. The number of rotatable bonds is 1. The summed E-state index contributed by atoms with van der Waals surface area (Å²) in [4.78, 5) is 41.1. The van der Waals surface area contributed by atoms with E-state index in [1.807, 2.05) is 0 Å². The molecule has 9 nitrogen and oxygen atoms in total. The minimum Gasteiger partial charge on any atom is -0.618 e. The first kappa shape index (κ1) is 17.0. The van der Waals surface area contributed by atoms with Gasteiger partial charge < -0.3 is 20.3 Å². The van der Waals surface area contributed by atoms with Crippen LogP contribution in [0.5, 0.6) is 0 Å². The smallest absolute Gasteiger partial charge is 0.341 e. The molecular weight excluding hydrogens is 358 g/mol. The summed E-state index contributed by atoms with van der Waals surface area (Å²) >= 11 is 0.853. The number of pyridine rings is 1. The van der Waals surface area contributed by atoms with Crippen LogP contribution in [-0.2, 0) is 4.79 Å². The summed E-state index contributed by atoms with van der Waals surface area (Å²) in [6, 6.07) is 2.47. The number of fused-ring (bicyclic) bond motifs is 1. The molecule has 2 aliphatic rings. The highest BCUT2D eigenvalue weighted by Crippen LogP contribution is 2.15. The molecule has 2 aromatic rings. The number of nitrogens with zero attached hydrogens (tertiary/aromatic N) is 4. The molecule has 138 valence electrons. The van der Waals surface area contributed by atoms with Crippen LogP contribution in [0.4, 0.5) is 4.79 Å². The van der Waals surface area contributed by atoms with E-state index < -0.39 is 11.6 Å². The van der Waals surface area contributed by atoms with Crippen LogP contribution in [0.1, 0.15) is 12.8 Å². The SMILES string of the molecule is O=C([C@@H]1CCCN1)N1CCN(C(=O)n2sc3c(ccc[n+]3[O-])c2=O)CC1. The second-order valence-electron chi connectivity index (χ2n) is 6.49. The molecule has 0 bridgehead atoms. The van der Waals surface area contributed by atoms with Gasteiger partial charge in [0.15, 0.2) is 6.20 Å². The average molecular weight is 377 g/mol. The van der Waals surface area contributed by atoms with Crippen LogP contribution in [0.3, 0.4) is 0 Å². The van der Waals surface area contributed by atoms with Gasteiger partial charge in [-0.15, -0.1) is 0 Å². The molecule has 2 fully saturated rings. The van der Waals surface area contributed by atoms with Gasteiger partial charge in [-0.3, -0.25) is 9.59 Å². The molecule has 2 amide bonds. The van der Waals surface area contributed by atoms with Gasteiger partial charge in [0.05, 0.1) is 6.04 Å². The second-order valence-corrected chi connectivity index (χ2v) is 7.42. The fourth-order valence-electron chi connectivity index (χ4n) is 3.45. The fourth-order valence-corrected chi connectivity index (χ4v) is 4.40. The number of amides is 2. The first-order valence-corrected chi connectivity index (χ1v) is 9.39. The predicted molar refractivity (Wildman–Crippen MR) is 95.0 cm³/mol. The van der Waals surface area contributed by atoms with Crippen molar-refractivity contribution in [3.63, 3.8) is 0 Å². The molecule has 0 spiro atoms. The van der Waals surface area contributed by atoms with Crippen LogP contribution in [0, 0.1) is 5.21 Å². The van der Waals surface area contributed by atoms with Crippen molar-refractivity contribution in [2.75, 3.05) is 32.7 Å². The lowest BCUT2D eigenvalue weighted by Crippen LogP contribution is -2.55. The maximum atomic E-state index is 12.7. The zero-order valence-corrected chi connectivity index (χ0v) is 14.9. The highest BCUT2D eigenvalue weighted by atomic mass is 32.1. The number of hydrogen-bond acceptors (Lipinski definition) is 6. The van der Waals surface area contributed by atoms with E-state index in [-0.39, 0.29) is 22.2 Å². The lowest BCUT2D eigenvalue weighted by molar-refractivity contribution is -0.574. The fraction of sp³-hybridized carbons (Fsp3) is 0.500. The highest BCUT2D eigenvalue weighted by Gasteiger charge is 2.31. The van der Waals surface area contributed by atoms with Gasteiger partial charge in [-0.1, -0.05) is 0 Å². The molecule has 0 aliphatic carbocycles. The number of hydrogen-bond donors (Lipinski definition) is 1. The third-order valence-corrected chi connectivity index (χ3v) is 5.98. The van der Waals surface area contributed by atoms with Gasteiger partial charge in [0, 0.05) is 43.8 Å². The molecule has 0 saturated carbocycles. The summed E-state index contributed by atoms with van der Waals surface area (Å²) in [7, 11) is 0. The van der Waals surface area contributed by atoms with Crippen LogP contribution in [0.2, 0.25) is 0 Å². The van der Waals surface area contributed by atoms with Crippen LogP contribution in [-0.4, -0.2) is 64.5 Å². The molecule has 4 heterocycles. The maximum Gasteiger partial charge on any atom is 0.341 e. The Bertz CT molecular complexity index is 909. The zero-order chi connectivity index (χ0) is 18.3. The first-order valence-electron chi connectivity index (χ1n) is 8.62. The standard InChI is InChI=1S/C16H19N5O4S/c22-13-11-3-2-6-20(25)15(11)26-21(13)16(24)19-9-7-18(8-10-19)14(23)12-4-1-5-17-12/h2-3,6,12,17H,1,4-5,7-10H2/t12-/m0/s1. The number of carbonyl (C=O) groups is 2. The molecule has 1 atom stereocenters. The van der Waals surface area contributed by atoms with Gasteiger partial charge in [-0.05, 0) is 25.5 Å². The topological polar surface area (TPSA) is 102 Å². The van der Waals surface area contributed by atoms with Crippen LogP contribution in [0.15, 0.2) is 23.1 Å². The minimum atomic E-state index is -0.478.